The van der Waals surface area contributed by atoms with Gasteiger partial charge >= 0.3 is 0 Å². The number of hydrogen-bond donors (Lipinski definition) is 0. The third kappa shape index (κ3) is 3.01. The first-order chi connectivity index (χ1) is 12.1. The van der Waals surface area contributed by atoms with E-state index in [0.29, 0.717) is 6.61 Å². The van der Waals surface area contributed by atoms with E-state index in [4.69, 9.17) is 9.47 Å². The highest BCUT2D eigenvalue weighted by Crippen LogP contribution is 2.34. The smallest absolute Gasteiger partial charge is 0.258 e. The van der Waals surface area contributed by atoms with Gasteiger partial charge in [0.05, 0.1) is 13.2 Å². The van der Waals surface area contributed by atoms with Crippen LogP contribution in [-0.4, -0.2) is 34.1 Å². The molecule has 5 heteroatoms. The average molecular weight is 351 g/mol. The van der Waals surface area contributed by atoms with Crippen LogP contribution in [0.3, 0.4) is 0 Å². The number of pyridine rings is 1. The van der Waals surface area contributed by atoms with Crippen molar-refractivity contribution in [1.82, 2.24) is 4.57 Å². The van der Waals surface area contributed by atoms with Crippen LogP contribution in [0, 0.1) is 0 Å². The number of fused-ring (bicyclic) bond motifs is 1. The van der Waals surface area contributed by atoms with Gasteiger partial charge in [0, 0.05) is 46.4 Å². The fourth-order valence-corrected chi connectivity index (χ4v) is 3.83. The van der Waals surface area contributed by atoms with Crippen molar-refractivity contribution >= 4 is 26.2 Å². The monoisotopic (exact) mass is 351 g/mol. The predicted molar refractivity (Wildman–Crippen MR) is 104 cm³/mol. The first-order valence-corrected chi connectivity index (χ1v) is 9.57. The lowest BCUT2D eigenvalue weighted by Gasteiger charge is -2.18. The molecular weight excluding hydrogens is 330 g/mol. The van der Waals surface area contributed by atoms with Gasteiger partial charge in [-0.1, -0.05) is 35.5 Å². The van der Waals surface area contributed by atoms with E-state index in [1.165, 1.54) is 5.19 Å². The van der Waals surface area contributed by atoms with Crippen molar-refractivity contribution in [2.75, 3.05) is 13.2 Å². The molecule has 1 unspecified atom stereocenters. The predicted octanol–water partition coefficient (Wildman–Crippen LogP) is 1.36. The van der Waals surface area contributed by atoms with Gasteiger partial charge in [0.2, 0.25) is 0 Å². The van der Waals surface area contributed by atoms with Gasteiger partial charge in [0.15, 0.2) is 0 Å². The molecule has 1 fully saturated rings. The molecule has 0 bridgehead atoms. The average Bonchev–Trinajstić information content (AvgIpc) is 3.13. The van der Waals surface area contributed by atoms with Gasteiger partial charge in [-0.2, -0.15) is 0 Å². The summed E-state index contributed by atoms with van der Waals surface area (Å²) in [7, 11) is 2.76. The molecule has 3 aromatic rings. The molecule has 0 saturated carbocycles. The Balaban J connectivity index is 1.92. The lowest BCUT2D eigenvalue weighted by molar-refractivity contribution is 0.142. The second-order valence-electron chi connectivity index (χ2n) is 6.61. The first-order valence-electron chi connectivity index (χ1n) is 8.57. The minimum absolute atomic E-state index is 0.0213. The molecule has 1 atom stereocenters. The molecule has 1 aliphatic heterocycles. The van der Waals surface area contributed by atoms with E-state index in [1.807, 2.05) is 30.5 Å². The Bertz CT molecular complexity index is 990. The molecule has 25 heavy (non-hydrogen) atoms. The zero-order valence-electron chi connectivity index (χ0n) is 14.5. The number of nitrogens with zero attached hydrogens (tertiary/aromatic N) is 1. The standard InChI is InChI=1S/C20H21NO3Si/c1-21-11-18(15-4-2-3-5-16(15)20(21)22)17-10-14(25)6-7-19(17)24-13-8-9-23-12-13/h2-7,10-11,13H,8-9,12H2,1,25H3. The van der Waals surface area contributed by atoms with Gasteiger partial charge in [-0.05, 0) is 17.5 Å². The Kier molecular flexibility index (Phi) is 4.19. The SMILES string of the molecule is Cn1cc(-c2cc([SiH3])ccc2OC2CCOC2)c2ccccc2c1=O. The Morgan fingerprint density at radius 1 is 1.16 bits per heavy atom. The second-order valence-corrected chi connectivity index (χ2v) is 7.76. The summed E-state index contributed by atoms with van der Waals surface area (Å²) < 4.78 is 13.3. The quantitative estimate of drug-likeness (QED) is 0.669. The molecule has 0 N–H and O–H groups in total. The molecule has 2 heterocycles. The minimum Gasteiger partial charge on any atom is -0.487 e. The van der Waals surface area contributed by atoms with Crippen LogP contribution >= 0.6 is 0 Å². The molecule has 4 rings (SSSR count). The summed E-state index contributed by atoms with van der Waals surface area (Å²) in [5.41, 5.74) is 2.10. The third-order valence-electron chi connectivity index (χ3n) is 4.70. The van der Waals surface area contributed by atoms with E-state index in [2.05, 4.69) is 18.2 Å². The highest BCUT2D eigenvalue weighted by atomic mass is 28.1. The molecule has 1 aliphatic rings. The largest absolute Gasteiger partial charge is 0.487 e. The Labute approximate surface area is 149 Å². The van der Waals surface area contributed by atoms with Gasteiger partial charge in [0.25, 0.3) is 5.56 Å². The van der Waals surface area contributed by atoms with Crippen molar-refractivity contribution < 1.29 is 9.47 Å². The van der Waals surface area contributed by atoms with Crippen molar-refractivity contribution in [2.24, 2.45) is 7.05 Å². The van der Waals surface area contributed by atoms with Crippen LogP contribution in [-0.2, 0) is 11.8 Å². The molecule has 1 aromatic heterocycles. The summed E-state index contributed by atoms with van der Waals surface area (Å²) >= 11 is 0. The van der Waals surface area contributed by atoms with Crippen molar-refractivity contribution in [2.45, 2.75) is 12.5 Å². The fraction of sp³-hybridized carbons (Fsp3) is 0.250. The molecular formula is C20H21NO3Si. The molecule has 2 aromatic carbocycles. The Morgan fingerprint density at radius 2 is 1.96 bits per heavy atom. The molecule has 0 spiro atoms. The molecule has 0 radical (unpaired) electrons. The van der Waals surface area contributed by atoms with Gasteiger partial charge in [-0.15, -0.1) is 0 Å². The van der Waals surface area contributed by atoms with Crippen LogP contribution in [0.25, 0.3) is 21.9 Å². The van der Waals surface area contributed by atoms with Gasteiger partial charge < -0.3 is 14.0 Å². The summed E-state index contributed by atoms with van der Waals surface area (Å²) in [5.74, 6) is 0.860. The van der Waals surface area contributed by atoms with Crippen LogP contribution in [0.15, 0.2) is 53.5 Å². The van der Waals surface area contributed by atoms with Crippen molar-refractivity contribution in [3.05, 3.63) is 59.0 Å². The van der Waals surface area contributed by atoms with E-state index < -0.39 is 0 Å². The maximum Gasteiger partial charge on any atom is 0.258 e. The lowest BCUT2D eigenvalue weighted by atomic mass is 9.99. The van der Waals surface area contributed by atoms with Crippen molar-refractivity contribution in [3.8, 4) is 16.9 Å². The van der Waals surface area contributed by atoms with E-state index in [1.54, 1.807) is 11.6 Å². The first kappa shape index (κ1) is 16.1. The number of hydrogen-bond acceptors (Lipinski definition) is 3. The molecule has 0 amide bonds. The normalized spacial score (nSPS) is 17.2. The van der Waals surface area contributed by atoms with Crippen molar-refractivity contribution in [3.63, 3.8) is 0 Å². The number of ether oxygens (including phenoxy) is 2. The summed E-state index contributed by atoms with van der Waals surface area (Å²) in [6.07, 6.45) is 2.92. The van der Waals surface area contributed by atoms with Crippen LogP contribution in [0.5, 0.6) is 5.75 Å². The van der Waals surface area contributed by atoms with E-state index >= 15 is 0 Å². The number of rotatable bonds is 3. The van der Waals surface area contributed by atoms with Gasteiger partial charge in [-0.25, -0.2) is 0 Å². The molecule has 0 aliphatic carbocycles. The number of aryl methyl sites for hydroxylation is 1. The number of aromatic nitrogens is 1. The lowest BCUT2D eigenvalue weighted by Crippen LogP contribution is -2.18. The highest BCUT2D eigenvalue weighted by molar-refractivity contribution is 6.32. The summed E-state index contributed by atoms with van der Waals surface area (Å²) in [6, 6.07) is 14.1. The highest BCUT2D eigenvalue weighted by Gasteiger charge is 2.20. The Hall–Kier alpha value is -2.37. The fourth-order valence-electron chi connectivity index (χ4n) is 3.37. The van der Waals surface area contributed by atoms with Gasteiger partial charge in [0.1, 0.15) is 11.9 Å². The van der Waals surface area contributed by atoms with Crippen LogP contribution in [0.2, 0.25) is 0 Å². The maximum absolute atomic E-state index is 12.5. The Morgan fingerprint density at radius 3 is 2.72 bits per heavy atom. The summed E-state index contributed by atoms with van der Waals surface area (Å²) in [4.78, 5) is 12.5. The van der Waals surface area contributed by atoms with E-state index in [-0.39, 0.29) is 11.7 Å². The maximum atomic E-state index is 12.5. The zero-order chi connectivity index (χ0) is 17.4. The minimum atomic E-state index is 0.0213. The van der Waals surface area contributed by atoms with Crippen LogP contribution in [0.1, 0.15) is 6.42 Å². The third-order valence-corrected chi connectivity index (χ3v) is 5.32. The van der Waals surface area contributed by atoms with Crippen molar-refractivity contribution in [1.29, 1.82) is 0 Å². The van der Waals surface area contributed by atoms with Crippen LogP contribution < -0.4 is 15.5 Å². The second kappa shape index (κ2) is 6.50. The van der Waals surface area contributed by atoms with E-state index in [9.17, 15) is 4.79 Å². The van der Waals surface area contributed by atoms with E-state index in [0.717, 1.165) is 50.9 Å². The zero-order valence-corrected chi connectivity index (χ0v) is 16.5. The molecule has 4 nitrogen and oxygen atoms in total. The molecule has 1 saturated heterocycles. The van der Waals surface area contributed by atoms with Crippen LogP contribution in [0.4, 0.5) is 0 Å². The topological polar surface area (TPSA) is 40.5 Å². The summed E-state index contributed by atoms with van der Waals surface area (Å²) in [5, 5.41) is 2.99. The molecule has 128 valence electrons. The number of benzene rings is 2. The summed E-state index contributed by atoms with van der Waals surface area (Å²) in [6.45, 7) is 1.39. The van der Waals surface area contributed by atoms with Gasteiger partial charge in [-0.3, -0.25) is 4.79 Å².